The van der Waals surface area contributed by atoms with Gasteiger partial charge in [-0.3, -0.25) is 0 Å². The lowest BCUT2D eigenvalue weighted by atomic mass is 10.2. The second kappa shape index (κ2) is 4.45. The van der Waals surface area contributed by atoms with Gasteiger partial charge in [0.05, 0.1) is 0 Å². The normalized spacial score (nSPS) is 17.5. The summed E-state index contributed by atoms with van der Waals surface area (Å²) in [5, 5.41) is 0.678. The highest BCUT2D eigenvalue weighted by molar-refractivity contribution is 7.91. The summed E-state index contributed by atoms with van der Waals surface area (Å²) in [5.41, 5.74) is 5.66. The predicted molar refractivity (Wildman–Crippen MR) is 70.3 cm³/mol. The van der Waals surface area contributed by atoms with E-state index in [0.29, 0.717) is 11.0 Å². The van der Waals surface area contributed by atoms with Crippen LogP contribution in [0.4, 0.5) is 10.8 Å². The molecule has 1 aromatic rings. The zero-order valence-corrected chi connectivity index (χ0v) is 11.6. The average molecular weight is 275 g/mol. The summed E-state index contributed by atoms with van der Waals surface area (Å²) in [4.78, 5) is 2.22. The largest absolute Gasteiger partial charge is 0.382 e. The third-order valence-electron chi connectivity index (χ3n) is 3.22. The Morgan fingerprint density at radius 3 is 2.53 bits per heavy atom. The number of hydrogen-bond donors (Lipinski definition) is 1. The molecule has 1 heterocycles. The van der Waals surface area contributed by atoms with E-state index in [9.17, 15) is 8.42 Å². The van der Waals surface area contributed by atoms with Crippen molar-refractivity contribution in [2.45, 2.75) is 36.6 Å². The van der Waals surface area contributed by atoms with Crippen molar-refractivity contribution in [3.05, 3.63) is 0 Å². The standard InChI is InChI=1S/C10H17N3O2S2/c1-13(7-5-3-4-6-7)10-8(17(2,14)15)9(11)12-16-10/h7H,3-6H2,1-2H3,(H2,11,12). The number of hydrogen-bond acceptors (Lipinski definition) is 6. The summed E-state index contributed by atoms with van der Waals surface area (Å²) in [6.07, 6.45) is 5.81. The minimum atomic E-state index is -3.31. The minimum Gasteiger partial charge on any atom is -0.382 e. The zero-order chi connectivity index (χ0) is 12.6. The highest BCUT2D eigenvalue weighted by atomic mass is 32.2. The topological polar surface area (TPSA) is 76.3 Å². The van der Waals surface area contributed by atoms with Crippen molar-refractivity contribution in [3.63, 3.8) is 0 Å². The van der Waals surface area contributed by atoms with Gasteiger partial charge < -0.3 is 10.6 Å². The number of nitrogen functional groups attached to an aromatic ring is 1. The predicted octanol–water partition coefficient (Wildman–Crippen LogP) is 1.51. The van der Waals surface area contributed by atoms with Gasteiger partial charge in [-0.2, -0.15) is 4.37 Å². The maximum atomic E-state index is 11.7. The van der Waals surface area contributed by atoms with Crippen LogP contribution in [0.3, 0.4) is 0 Å². The fourth-order valence-corrected chi connectivity index (χ4v) is 4.57. The third kappa shape index (κ3) is 2.40. The molecule has 0 aliphatic heterocycles. The molecule has 0 unspecified atom stereocenters. The van der Waals surface area contributed by atoms with Gasteiger partial charge in [0.1, 0.15) is 9.90 Å². The van der Waals surface area contributed by atoms with Gasteiger partial charge in [0, 0.05) is 19.3 Å². The van der Waals surface area contributed by atoms with E-state index in [1.165, 1.54) is 30.6 Å². The second-order valence-electron chi connectivity index (χ2n) is 4.52. The van der Waals surface area contributed by atoms with Crippen LogP contribution in [0.5, 0.6) is 0 Å². The van der Waals surface area contributed by atoms with Crippen molar-refractivity contribution in [2.75, 3.05) is 23.9 Å². The molecule has 2 N–H and O–H groups in total. The van der Waals surface area contributed by atoms with E-state index in [4.69, 9.17) is 5.73 Å². The Bertz CT molecular complexity index is 504. The van der Waals surface area contributed by atoms with Crippen molar-refractivity contribution in [1.29, 1.82) is 0 Å². The first-order valence-corrected chi connectivity index (χ1v) is 8.26. The molecule has 0 radical (unpaired) electrons. The Morgan fingerprint density at radius 1 is 1.41 bits per heavy atom. The molecule has 0 aromatic carbocycles. The number of sulfone groups is 1. The lowest BCUT2D eigenvalue weighted by molar-refractivity contribution is 0.600. The van der Waals surface area contributed by atoms with Crippen LogP contribution in [0.15, 0.2) is 4.90 Å². The van der Waals surface area contributed by atoms with Crippen molar-refractivity contribution >= 4 is 32.2 Å². The van der Waals surface area contributed by atoms with Gasteiger partial charge in [-0.15, -0.1) is 0 Å². The lowest BCUT2D eigenvalue weighted by Gasteiger charge is -2.25. The monoisotopic (exact) mass is 275 g/mol. The minimum absolute atomic E-state index is 0.123. The molecule has 1 aromatic heterocycles. The van der Waals surface area contributed by atoms with E-state index < -0.39 is 9.84 Å². The molecule has 96 valence electrons. The van der Waals surface area contributed by atoms with Crippen LogP contribution in [0.2, 0.25) is 0 Å². The Kier molecular flexibility index (Phi) is 3.31. The maximum Gasteiger partial charge on any atom is 0.182 e. The van der Waals surface area contributed by atoms with Gasteiger partial charge in [-0.1, -0.05) is 12.8 Å². The summed E-state index contributed by atoms with van der Waals surface area (Å²) in [7, 11) is -1.39. The molecule has 0 spiro atoms. The molecule has 1 aliphatic carbocycles. The van der Waals surface area contributed by atoms with E-state index in [2.05, 4.69) is 4.37 Å². The van der Waals surface area contributed by atoms with E-state index >= 15 is 0 Å². The highest BCUT2D eigenvalue weighted by Crippen LogP contribution is 2.37. The maximum absolute atomic E-state index is 11.7. The van der Waals surface area contributed by atoms with Crippen LogP contribution in [0.25, 0.3) is 0 Å². The Balaban J connectivity index is 2.39. The number of nitrogens with two attached hydrogens (primary N) is 1. The number of anilines is 2. The summed E-state index contributed by atoms with van der Waals surface area (Å²) in [6, 6.07) is 0.412. The second-order valence-corrected chi connectivity index (χ2v) is 7.23. The molecule has 1 aliphatic rings. The van der Waals surface area contributed by atoms with Gasteiger partial charge in [0.15, 0.2) is 15.7 Å². The molecule has 0 amide bonds. The van der Waals surface area contributed by atoms with Gasteiger partial charge in [-0.25, -0.2) is 8.42 Å². The van der Waals surface area contributed by atoms with Crippen LogP contribution in [0.1, 0.15) is 25.7 Å². The molecule has 1 fully saturated rings. The van der Waals surface area contributed by atoms with Crippen LogP contribution < -0.4 is 10.6 Å². The Hall–Kier alpha value is -0.820. The first-order valence-electron chi connectivity index (χ1n) is 5.59. The van der Waals surface area contributed by atoms with E-state index in [1.807, 2.05) is 11.9 Å². The van der Waals surface area contributed by atoms with Crippen LogP contribution in [-0.2, 0) is 9.84 Å². The van der Waals surface area contributed by atoms with Crippen molar-refractivity contribution in [2.24, 2.45) is 0 Å². The van der Waals surface area contributed by atoms with Gasteiger partial charge in [-0.05, 0) is 24.4 Å². The zero-order valence-electron chi connectivity index (χ0n) is 10.0. The third-order valence-corrected chi connectivity index (χ3v) is 5.45. The Labute approximate surface area is 106 Å². The van der Waals surface area contributed by atoms with Crippen molar-refractivity contribution in [1.82, 2.24) is 4.37 Å². The quantitative estimate of drug-likeness (QED) is 0.905. The van der Waals surface area contributed by atoms with E-state index in [0.717, 1.165) is 12.8 Å². The molecule has 0 bridgehead atoms. The highest BCUT2D eigenvalue weighted by Gasteiger charge is 2.28. The molecule has 7 heteroatoms. The summed E-state index contributed by atoms with van der Waals surface area (Å²) in [5.74, 6) is 0.123. The van der Waals surface area contributed by atoms with E-state index in [1.54, 1.807) is 0 Å². The van der Waals surface area contributed by atoms with Crippen molar-refractivity contribution in [3.8, 4) is 0 Å². The SMILES string of the molecule is CN(c1snc(N)c1S(C)(=O)=O)C1CCCC1. The number of nitrogens with zero attached hydrogens (tertiary/aromatic N) is 2. The smallest absolute Gasteiger partial charge is 0.182 e. The molecule has 1 saturated carbocycles. The van der Waals surface area contributed by atoms with Gasteiger partial charge in [0.25, 0.3) is 0 Å². The van der Waals surface area contributed by atoms with E-state index in [-0.39, 0.29) is 10.7 Å². The van der Waals surface area contributed by atoms with Crippen molar-refractivity contribution < 1.29 is 8.42 Å². The molecular weight excluding hydrogens is 258 g/mol. The summed E-state index contributed by atoms with van der Waals surface area (Å²) < 4.78 is 27.4. The first kappa shape index (κ1) is 12.6. The summed E-state index contributed by atoms with van der Waals surface area (Å²) in [6.45, 7) is 0. The average Bonchev–Trinajstić information content (AvgIpc) is 2.83. The molecule has 0 saturated heterocycles. The number of rotatable bonds is 3. The molecule has 2 rings (SSSR count). The van der Waals surface area contributed by atoms with Gasteiger partial charge in [0.2, 0.25) is 0 Å². The Morgan fingerprint density at radius 2 is 2.00 bits per heavy atom. The summed E-state index contributed by atoms with van der Waals surface area (Å²) >= 11 is 1.17. The van der Waals surface area contributed by atoms with Crippen LogP contribution in [-0.4, -0.2) is 32.1 Å². The van der Waals surface area contributed by atoms with Crippen LogP contribution >= 0.6 is 11.5 Å². The molecule has 17 heavy (non-hydrogen) atoms. The first-order chi connectivity index (χ1) is 7.91. The fourth-order valence-electron chi connectivity index (χ4n) is 2.32. The number of aromatic nitrogens is 1. The lowest BCUT2D eigenvalue weighted by Crippen LogP contribution is -2.29. The fraction of sp³-hybridized carbons (Fsp3) is 0.700. The molecular formula is C10H17N3O2S2. The van der Waals surface area contributed by atoms with Crippen LogP contribution in [0, 0.1) is 0 Å². The molecule has 5 nitrogen and oxygen atoms in total. The molecule has 0 atom stereocenters. The van der Waals surface area contributed by atoms with Gasteiger partial charge >= 0.3 is 0 Å².